The van der Waals surface area contributed by atoms with E-state index in [0.29, 0.717) is 68.8 Å². The van der Waals surface area contributed by atoms with Crippen molar-refractivity contribution >= 4 is 33.3 Å². The van der Waals surface area contributed by atoms with Crippen molar-refractivity contribution in [3.8, 4) is 17.2 Å². The van der Waals surface area contributed by atoms with Gasteiger partial charge in [0.15, 0.2) is 11.5 Å². The maximum absolute atomic E-state index is 13.5. The maximum atomic E-state index is 13.5. The molecule has 1 aliphatic rings. The molecule has 2 aromatic heterocycles. The van der Waals surface area contributed by atoms with E-state index in [1.807, 2.05) is 32.6 Å². The molecule has 1 amide bonds. The first-order chi connectivity index (χ1) is 17.0. The molecule has 188 valence electrons. The number of amides is 1. The Kier molecular flexibility index (Phi) is 7.95. The van der Waals surface area contributed by atoms with Crippen LogP contribution in [0.25, 0.3) is 10.2 Å². The second-order valence-electron chi connectivity index (χ2n) is 8.26. The number of anilines is 1. The molecule has 4 rings (SSSR count). The number of fused-ring (bicyclic) bond motifs is 1. The molecule has 0 N–H and O–H groups in total. The topological polar surface area (TPSA) is 77.0 Å². The van der Waals surface area contributed by atoms with Crippen molar-refractivity contribution < 1.29 is 19.0 Å². The fraction of sp³-hybridized carbons (Fsp3) is 0.500. The fourth-order valence-corrected chi connectivity index (χ4v) is 5.30. The van der Waals surface area contributed by atoms with Gasteiger partial charge in [0, 0.05) is 36.6 Å². The summed E-state index contributed by atoms with van der Waals surface area (Å²) in [5.74, 6) is 3.31. The lowest BCUT2D eigenvalue weighted by Gasteiger charge is -2.36. The predicted octanol–water partition coefficient (Wildman–Crippen LogP) is 4.72. The molecule has 3 aromatic rings. The Morgan fingerprint density at radius 3 is 2.11 bits per heavy atom. The Morgan fingerprint density at radius 1 is 0.914 bits per heavy atom. The second-order valence-corrected chi connectivity index (χ2v) is 9.37. The monoisotopic (exact) mass is 498 g/mol. The number of hydrogen-bond acceptors (Lipinski definition) is 8. The summed E-state index contributed by atoms with van der Waals surface area (Å²) in [7, 11) is 0. The molecule has 0 bridgehead atoms. The minimum absolute atomic E-state index is 0.0394. The zero-order valence-corrected chi connectivity index (χ0v) is 22.0. The number of benzene rings is 1. The summed E-state index contributed by atoms with van der Waals surface area (Å²) in [4.78, 5) is 29.3. The summed E-state index contributed by atoms with van der Waals surface area (Å²) in [6.45, 7) is 13.9. The van der Waals surface area contributed by atoms with Gasteiger partial charge in [-0.1, -0.05) is 6.92 Å². The van der Waals surface area contributed by atoms with Crippen LogP contribution < -0.4 is 19.1 Å². The number of aryl methyl sites for hydroxylation is 2. The number of carbonyl (C=O) groups is 1. The molecule has 0 saturated carbocycles. The molecule has 1 fully saturated rings. The normalized spacial score (nSPS) is 13.9. The molecular weight excluding hydrogens is 464 g/mol. The van der Waals surface area contributed by atoms with Crippen molar-refractivity contribution in [2.45, 2.75) is 41.0 Å². The molecule has 0 spiro atoms. The molecule has 3 heterocycles. The average molecular weight is 499 g/mol. The van der Waals surface area contributed by atoms with E-state index >= 15 is 0 Å². The number of carbonyl (C=O) groups excluding carboxylic acids is 1. The highest BCUT2D eigenvalue weighted by Crippen LogP contribution is 2.39. The average Bonchev–Trinajstić information content (AvgIpc) is 3.28. The van der Waals surface area contributed by atoms with Crippen LogP contribution in [0.3, 0.4) is 0 Å². The van der Waals surface area contributed by atoms with Gasteiger partial charge in [-0.2, -0.15) is 0 Å². The Hall–Kier alpha value is -3.07. The van der Waals surface area contributed by atoms with Crippen LogP contribution >= 0.6 is 11.3 Å². The van der Waals surface area contributed by atoms with Crippen molar-refractivity contribution in [1.29, 1.82) is 0 Å². The van der Waals surface area contributed by atoms with Crippen LogP contribution in [0.2, 0.25) is 0 Å². The van der Waals surface area contributed by atoms with E-state index in [0.717, 1.165) is 28.3 Å². The quantitative estimate of drug-likeness (QED) is 0.422. The van der Waals surface area contributed by atoms with Crippen molar-refractivity contribution in [3.05, 3.63) is 34.5 Å². The molecule has 0 aliphatic carbocycles. The van der Waals surface area contributed by atoms with Crippen molar-refractivity contribution in [3.63, 3.8) is 0 Å². The van der Waals surface area contributed by atoms with Gasteiger partial charge in [0.05, 0.1) is 25.2 Å². The van der Waals surface area contributed by atoms with Crippen molar-refractivity contribution in [2.75, 3.05) is 50.9 Å². The predicted molar refractivity (Wildman–Crippen MR) is 140 cm³/mol. The first-order valence-electron chi connectivity index (χ1n) is 12.4. The highest BCUT2D eigenvalue weighted by molar-refractivity contribution is 7.18. The molecule has 9 heteroatoms. The number of hydrogen-bond donors (Lipinski definition) is 0. The first kappa shape index (κ1) is 25.0. The van der Waals surface area contributed by atoms with Crippen LogP contribution in [0.15, 0.2) is 18.2 Å². The lowest BCUT2D eigenvalue weighted by atomic mass is 10.1. The van der Waals surface area contributed by atoms with Gasteiger partial charge < -0.3 is 24.0 Å². The minimum atomic E-state index is -0.0394. The van der Waals surface area contributed by atoms with Crippen LogP contribution in [0.1, 0.15) is 48.8 Å². The standard InChI is InChI=1S/C26H34N4O4S/c1-6-19-16-20-24(27-17(5)28-25(20)35-19)29-10-12-30(13-11-29)26(31)18-14-21(32-7-2)23(34-9-4)22(15-18)33-8-3/h14-16H,6-13H2,1-5H3. The number of aromatic nitrogens is 2. The fourth-order valence-electron chi connectivity index (χ4n) is 4.29. The summed E-state index contributed by atoms with van der Waals surface area (Å²) in [6, 6.07) is 5.73. The molecule has 35 heavy (non-hydrogen) atoms. The van der Waals surface area contributed by atoms with Gasteiger partial charge in [-0.3, -0.25) is 4.79 Å². The maximum Gasteiger partial charge on any atom is 0.254 e. The lowest BCUT2D eigenvalue weighted by molar-refractivity contribution is 0.0745. The van der Waals surface area contributed by atoms with E-state index in [1.165, 1.54) is 4.88 Å². The van der Waals surface area contributed by atoms with Gasteiger partial charge in [-0.25, -0.2) is 9.97 Å². The highest BCUT2D eigenvalue weighted by atomic mass is 32.1. The van der Waals surface area contributed by atoms with Gasteiger partial charge >= 0.3 is 0 Å². The third-order valence-corrected chi connectivity index (χ3v) is 7.08. The molecule has 0 radical (unpaired) electrons. The van der Waals surface area contributed by atoms with Gasteiger partial charge in [0.1, 0.15) is 16.5 Å². The molecule has 1 saturated heterocycles. The van der Waals surface area contributed by atoms with Crippen LogP contribution in [-0.2, 0) is 6.42 Å². The molecular formula is C26H34N4O4S. The third-order valence-electron chi connectivity index (χ3n) is 5.91. The third kappa shape index (κ3) is 5.29. The molecule has 1 aromatic carbocycles. The molecule has 0 unspecified atom stereocenters. The van der Waals surface area contributed by atoms with Gasteiger partial charge in [0.25, 0.3) is 5.91 Å². The summed E-state index contributed by atoms with van der Waals surface area (Å²) >= 11 is 1.73. The SMILES string of the molecule is CCOc1cc(C(=O)N2CCN(c3nc(C)nc4sc(CC)cc34)CC2)cc(OCC)c1OCC. The number of piperazine rings is 1. The Balaban J connectivity index is 1.55. The molecule has 0 atom stereocenters. The van der Waals surface area contributed by atoms with Crippen molar-refractivity contribution in [1.82, 2.24) is 14.9 Å². The van der Waals surface area contributed by atoms with E-state index in [4.69, 9.17) is 19.2 Å². The van der Waals surface area contributed by atoms with Gasteiger partial charge in [-0.15, -0.1) is 11.3 Å². The Morgan fingerprint density at radius 2 is 1.54 bits per heavy atom. The van der Waals surface area contributed by atoms with Crippen LogP contribution in [0, 0.1) is 6.92 Å². The number of thiophene rings is 1. The summed E-state index contributed by atoms with van der Waals surface area (Å²) in [5, 5.41) is 1.10. The zero-order chi connectivity index (χ0) is 24.9. The lowest BCUT2D eigenvalue weighted by Crippen LogP contribution is -2.49. The largest absolute Gasteiger partial charge is 0.490 e. The summed E-state index contributed by atoms with van der Waals surface area (Å²) in [5.41, 5.74) is 0.541. The highest BCUT2D eigenvalue weighted by Gasteiger charge is 2.27. The molecule has 8 nitrogen and oxygen atoms in total. The number of nitrogens with zero attached hydrogens (tertiary/aromatic N) is 4. The van der Waals surface area contributed by atoms with E-state index < -0.39 is 0 Å². The van der Waals surface area contributed by atoms with E-state index in [2.05, 4.69) is 22.9 Å². The zero-order valence-electron chi connectivity index (χ0n) is 21.2. The summed E-state index contributed by atoms with van der Waals surface area (Å²) in [6.07, 6.45) is 0.983. The van der Waals surface area contributed by atoms with Crippen LogP contribution in [0.5, 0.6) is 17.2 Å². The van der Waals surface area contributed by atoms with E-state index in [-0.39, 0.29) is 5.91 Å². The first-order valence-corrected chi connectivity index (χ1v) is 13.2. The smallest absolute Gasteiger partial charge is 0.254 e. The van der Waals surface area contributed by atoms with E-state index in [9.17, 15) is 4.79 Å². The van der Waals surface area contributed by atoms with Crippen LogP contribution in [0.4, 0.5) is 5.82 Å². The second kappa shape index (κ2) is 11.1. The Bertz CT molecular complexity index is 1160. The minimum Gasteiger partial charge on any atom is -0.490 e. The number of ether oxygens (including phenoxy) is 3. The molecule has 1 aliphatic heterocycles. The number of rotatable bonds is 9. The summed E-state index contributed by atoms with van der Waals surface area (Å²) < 4.78 is 17.4. The van der Waals surface area contributed by atoms with Crippen molar-refractivity contribution in [2.24, 2.45) is 0 Å². The van der Waals surface area contributed by atoms with E-state index in [1.54, 1.807) is 23.5 Å². The van der Waals surface area contributed by atoms with Crippen LogP contribution in [-0.4, -0.2) is 66.8 Å². The van der Waals surface area contributed by atoms with Gasteiger partial charge in [-0.05, 0) is 52.3 Å². The van der Waals surface area contributed by atoms with Gasteiger partial charge in [0.2, 0.25) is 5.75 Å². The Labute approximate surface area is 210 Å².